The highest BCUT2D eigenvalue weighted by Crippen LogP contribution is 2.25. The molecule has 23 heavy (non-hydrogen) atoms. The molecule has 3 aromatic rings. The molecule has 0 fully saturated rings. The highest BCUT2D eigenvalue weighted by atomic mass is 35.5. The van der Waals surface area contributed by atoms with E-state index in [1.54, 1.807) is 11.8 Å². The van der Waals surface area contributed by atoms with Crippen molar-refractivity contribution in [1.29, 1.82) is 0 Å². The zero-order valence-corrected chi connectivity index (χ0v) is 13.8. The molecule has 1 aliphatic heterocycles. The van der Waals surface area contributed by atoms with Crippen LogP contribution in [0.15, 0.2) is 64.9 Å². The maximum Gasteiger partial charge on any atom is 0.212 e. The van der Waals surface area contributed by atoms with Crippen LogP contribution in [0.5, 0.6) is 0 Å². The van der Waals surface area contributed by atoms with E-state index in [-0.39, 0.29) is 0 Å². The van der Waals surface area contributed by atoms with Gasteiger partial charge in [0.1, 0.15) is 0 Å². The first-order chi connectivity index (χ1) is 11.3. The number of thioether (sulfide) groups is 1. The Morgan fingerprint density at radius 3 is 2.57 bits per heavy atom. The second kappa shape index (κ2) is 6.18. The molecule has 0 spiro atoms. The lowest BCUT2D eigenvalue weighted by Crippen LogP contribution is -2.14. The van der Waals surface area contributed by atoms with Crippen molar-refractivity contribution in [2.75, 3.05) is 5.75 Å². The monoisotopic (exact) mass is 340 g/mol. The molecule has 0 atom stereocenters. The van der Waals surface area contributed by atoms with Crippen molar-refractivity contribution in [1.82, 2.24) is 14.9 Å². The first kappa shape index (κ1) is 14.5. The van der Waals surface area contributed by atoms with Crippen LogP contribution < -0.4 is 0 Å². The Hall–Kier alpha value is -2.11. The molecular weight excluding hydrogens is 328 g/mol. The Morgan fingerprint density at radius 1 is 1.00 bits per heavy atom. The molecule has 0 unspecified atom stereocenters. The van der Waals surface area contributed by atoms with Gasteiger partial charge in [-0.15, -0.1) is 10.2 Å². The molecule has 114 valence electrons. The number of benzene rings is 2. The molecule has 0 bridgehead atoms. The molecule has 4 rings (SSSR count). The van der Waals surface area contributed by atoms with Crippen molar-refractivity contribution in [3.63, 3.8) is 0 Å². The van der Waals surface area contributed by atoms with Crippen molar-refractivity contribution < 1.29 is 0 Å². The van der Waals surface area contributed by atoms with Gasteiger partial charge in [0.2, 0.25) is 5.16 Å². The Balaban J connectivity index is 1.67. The van der Waals surface area contributed by atoms with Gasteiger partial charge in [-0.2, -0.15) is 9.78 Å². The van der Waals surface area contributed by atoms with Crippen LogP contribution >= 0.6 is 23.4 Å². The molecule has 2 aromatic carbocycles. The van der Waals surface area contributed by atoms with Crippen LogP contribution in [0.2, 0.25) is 5.02 Å². The second-order valence-electron chi connectivity index (χ2n) is 5.22. The molecule has 0 N–H and O–H groups in total. The Morgan fingerprint density at radius 2 is 1.78 bits per heavy atom. The van der Waals surface area contributed by atoms with Crippen LogP contribution in [-0.4, -0.2) is 26.3 Å². The Labute approximate surface area is 143 Å². The van der Waals surface area contributed by atoms with E-state index in [2.05, 4.69) is 22.3 Å². The van der Waals surface area contributed by atoms with E-state index in [1.165, 1.54) is 0 Å². The lowest BCUT2D eigenvalue weighted by Gasteiger charge is -2.13. The number of hydrogen-bond acceptors (Lipinski definition) is 4. The van der Waals surface area contributed by atoms with Crippen LogP contribution in [0, 0.1) is 0 Å². The summed E-state index contributed by atoms with van der Waals surface area (Å²) in [5, 5.41) is 14.9. The van der Waals surface area contributed by atoms with Crippen LogP contribution in [0.3, 0.4) is 0 Å². The number of aromatic nitrogens is 3. The van der Waals surface area contributed by atoms with E-state index in [4.69, 9.17) is 16.7 Å². The van der Waals surface area contributed by atoms with E-state index in [0.29, 0.717) is 6.42 Å². The predicted molar refractivity (Wildman–Crippen MR) is 93.4 cm³/mol. The van der Waals surface area contributed by atoms with Gasteiger partial charge in [0.25, 0.3) is 0 Å². The van der Waals surface area contributed by atoms with Gasteiger partial charge < -0.3 is 0 Å². The lowest BCUT2D eigenvalue weighted by atomic mass is 10.1. The summed E-state index contributed by atoms with van der Waals surface area (Å²) < 4.78 is 1.85. The summed E-state index contributed by atoms with van der Waals surface area (Å²) in [6, 6.07) is 18.0. The minimum Gasteiger partial charge on any atom is -0.191 e. The first-order valence-corrected chi connectivity index (χ1v) is 8.61. The van der Waals surface area contributed by atoms with E-state index in [1.807, 2.05) is 47.1 Å². The lowest BCUT2D eigenvalue weighted by molar-refractivity contribution is 0.720. The number of rotatable bonds is 3. The quantitative estimate of drug-likeness (QED) is 0.726. The molecule has 0 saturated heterocycles. The standard InChI is InChI=1S/C17H13ClN4S/c18-14-8-6-12(7-9-14)10-16-19-20-17-22(16)21-15(11-23-17)13-4-2-1-3-5-13/h1-9H,10-11H2. The zero-order chi connectivity index (χ0) is 15.6. The van der Waals surface area contributed by atoms with E-state index < -0.39 is 0 Å². The summed E-state index contributed by atoms with van der Waals surface area (Å²) in [4.78, 5) is 0. The summed E-state index contributed by atoms with van der Waals surface area (Å²) in [7, 11) is 0. The van der Waals surface area contributed by atoms with Gasteiger partial charge in [-0.1, -0.05) is 65.8 Å². The highest BCUT2D eigenvalue weighted by Gasteiger charge is 2.19. The van der Waals surface area contributed by atoms with Gasteiger partial charge in [0.15, 0.2) is 5.82 Å². The van der Waals surface area contributed by atoms with Crippen LogP contribution in [0.25, 0.3) is 0 Å². The minimum atomic E-state index is 0.677. The van der Waals surface area contributed by atoms with E-state index in [9.17, 15) is 0 Å². The third-order valence-electron chi connectivity index (χ3n) is 3.62. The van der Waals surface area contributed by atoms with Crippen LogP contribution in [0.1, 0.15) is 17.0 Å². The maximum absolute atomic E-state index is 5.94. The summed E-state index contributed by atoms with van der Waals surface area (Å²) in [5.74, 6) is 1.64. The zero-order valence-electron chi connectivity index (χ0n) is 12.2. The highest BCUT2D eigenvalue weighted by molar-refractivity contribution is 7.99. The van der Waals surface area contributed by atoms with Gasteiger partial charge in [-0.3, -0.25) is 0 Å². The van der Waals surface area contributed by atoms with Crippen molar-refractivity contribution in [2.24, 2.45) is 5.10 Å². The molecule has 4 nitrogen and oxygen atoms in total. The number of nitrogens with zero attached hydrogens (tertiary/aromatic N) is 4. The first-order valence-electron chi connectivity index (χ1n) is 7.24. The molecule has 6 heteroatoms. The van der Waals surface area contributed by atoms with Gasteiger partial charge in [0.05, 0.1) is 5.71 Å². The number of halogens is 1. The number of hydrogen-bond donors (Lipinski definition) is 0. The van der Waals surface area contributed by atoms with Crippen molar-refractivity contribution >= 4 is 29.1 Å². The molecule has 1 aliphatic rings. The smallest absolute Gasteiger partial charge is 0.191 e. The van der Waals surface area contributed by atoms with Gasteiger partial charge in [-0.05, 0) is 23.3 Å². The SMILES string of the molecule is Clc1ccc(Cc2nnc3n2N=C(c2ccccc2)CS3)cc1. The normalized spacial score (nSPS) is 13.5. The molecule has 0 amide bonds. The fraction of sp³-hybridized carbons (Fsp3) is 0.118. The minimum absolute atomic E-state index is 0.677. The van der Waals surface area contributed by atoms with Gasteiger partial charge in [0, 0.05) is 17.2 Å². The Bertz CT molecular complexity index is 856. The van der Waals surface area contributed by atoms with E-state index in [0.717, 1.165) is 38.6 Å². The van der Waals surface area contributed by atoms with Gasteiger partial charge in [-0.25, -0.2) is 0 Å². The third kappa shape index (κ3) is 3.02. The molecule has 1 aromatic heterocycles. The summed E-state index contributed by atoms with van der Waals surface area (Å²) in [5.41, 5.74) is 3.31. The molecule has 0 aliphatic carbocycles. The largest absolute Gasteiger partial charge is 0.212 e. The summed E-state index contributed by atoms with van der Waals surface area (Å²) in [6.45, 7) is 0. The fourth-order valence-corrected chi connectivity index (χ4v) is 3.42. The fourth-order valence-electron chi connectivity index (χ4n) is 2.44. The maximum atomic E-state index is 5.94. The average Bonchev–Trinajstić information content (AvgIpc) is 3.00. The molecule has 0 radical (unpaired) electrons. The third-order valence-corrected chi connectivity index (χ3v) is 4.80. The van der Waals surface area contributed by atoms with Gasteiger partial charge >= 0.3 is 0 Å². The summed E-state index contributed by atoms with van der Waals surface area (Å²) >= 11 is 7.60. The number of fused-ring (bicyclic) bond motifs is 1. The predicted octanol–water partition coefficient (Wildman–Crippen LogP) is 3.88. The van der Waals surface area contributed by atoms with E-state index >= 15 is 0 Å². The topological polar surface area (TPSA) is 43.1 Å². The van der Waals surface area contributed by atoms with Crippen LogP contribution in [-0.2, 0) is 6.42 Å². The summed E-state index contributed by atoms with van der Waals surface area (Å²) in [6.07, 6.45) is 0.677. The van der Waals surface area contributed by atoms with Crippen molar-refractivity contribution in [3.05, 3.63) is 76.6 Å². The Kier molecular flexibility index (Phi) is 3.89. The average molecular weight is 341 g/mol. The second-order valence-corrected chi connectivity index (χ2v) is 6.59. The van der Waals surface area contributed by atoms with Crippen molar-refractivity contribution in [2.45, 2.75) is 11.6 Å². The van der Waals surface area contributed by atoms with Crippen LogP contribution in [0.4, 0.5) is 0 Å². The molecular formula is C17H13ClN4S. The molecule has 0 saturated carbocycles. The van der Waals surface area contributed by atoms with Crippen molar-refractivity contribution in [3.8, 4) is 0 Å². The molecule has 2 heterocycles.